The van der Waals surface area contributed by atoms with Gasteiger partial charge in [-0.25, -0.2) is 4.79 Å². The highest BCUT2D eigenvalue weighted by molar-refractivity contribution is 5.88. The van der Waals surface area contributed by atoms with Crippen molar-refractivity contribution in [3.63, 3.8) is 0 Å². The van der Waals surface area contributed by atoms with Gasteiger partial charge < -0.3 is 16.2 Å². The van der Waals surface area contributed by atoms with Gasteiger partial charge in [0.1, 0.15) is 0 Å². The summed E-state index contributed by atoms with van der Waals surface area (Å²) in [7, 11) is 0. The van der Waals surface area contributed by atoms with E-state index in [0.717, 1.165) is 24.1 Å². The van der Waals surface area contributed by atoms with Gasteiger partial charge in [-0.1, -0.05) is 0 Å². The minimum atomic E-state index is -0.889. The number of carbonyl (C=O) groups is 1. The third kappa shape index (κ3) is 2.17. The van der Waals surface area contributed by atoms with Crippen LogP contribution in [0.3, 0.4) is 0 Å². The average Bonchev–Trinajstić information content (AvgIpc) is 2.18. The van der Waals surface area contributed by atoms with E-state index in [4.69, 9.17) is 10.8 Å². The Morgan fingerprint density at radius 1 is 1.50 bits per heavy atom. The van der Waals surface area contributed by atoms with Crippen molar-refractivity contribution in [3.05, 3.63) is 29.3 Å². The van der Waals surface area contributed by atoms with Crippen molar-refractivity contribution in [2.75, 3.05) is 5.32 Å². The zero-order valence-corrected chi connectivity index (χ0v) is 9.23. The number of benzene rings is 1. The molecule has 2 rings (SSSR count). The maximum atomic E-state index is 10.8. The van der Waals surface area contributed by atoms with Crippen LogP contribution in [0, 0.1) is 6.92 Å². The molecule has 0 aliphatic heterocycles. The van der Waals surface area contributed by atoms with Crippen LogP contribution in [0.25, 0.3) is 0 Å². The van der Waals surface area contributed by atoms with Crippen LogP contribution in [0.15, 0.2) is 18.2 Å². The summed E-state index contributed by atoms with van der Waals surface area (Å²) in [5.41, 5.74) is 7.99. The zero-order valence-electron chi connectivity index (χ0n) is 9.23. The van der Waals surface area contributed by atoms with E-state index >= 15 is 0 Å². The molecule has 1 aromatic rings. The van der Waals surface area contributed by atoms with Crippen LogP contribution in [0.2, 0.25) is 0 Å². The normalized spacial score (nSPS) is 23.6. The van der Waals surface area contributed by atoms with E-state index in [0.29, 0.717) is 17.6 Å². The van der Waals surface area contributed by atoms with Gasteiger partial charge in [0.2, 0.25) is 0 Å². The van der Waals surface area contributed by atoms with E-state index in [1.807, 2.05) is 13.0 Å². The minimum Gasteiger partial charge on any atom is -0.478 e. The Morgan fingerprint density at radius 3 is 2.69 bits per heavy atom. The van der Waals surface area contributed by atoms with Crippen LogP contribution in [-0.4, -0.2) is 23.2 Å². The third-order valence-corrected chi connectivity index (χ3v) is 3.01. The molecule has 1 aromatic carbocycles. The molecule has 0 bridgehead atoms. The van der Waals surface area contributed by atoms with Crippen molar-refractivity contribution in [2.24, 2.45) is 5.73 Å². The second kappa shape index (κ2) is 4.14. The summed E-state index contributed by atoms with van der Waals surface area (Å²) >= 11 is 0. The average molecular weight is 220 g/mol. The molecular formula is C12H16N2O2. The molecule has 4 heteroatoms. The Labute approximate surface area is 94.5 Å². The molecule has 16 heavy (non-hydrogen) atoms. The van der Waals surface area contributed by atoms with Crippen LogP contribution < -0.4 is 11.1 Å². The summed E-state index contributed by atoms with van der Waals surface area (Å²) in [5, 5.41) is 12.2. The first-order valence-electron chi connectivity index (χ1n) is 5.42. The molecule has 1 aliphatic rings. The fourth-order valence-corrected chi connectivity index (χ4v) is 1.96. The van der Waals surface area contributed by atoms with Crippen LogP contribution in [-0.2, 0) is 0 Å². The van der Waals surface area contributed by atoms with Crippen LogP contribution in [0.4, 0.5) is 5.69 Å². The molecular weight excluding hydrogens is 204 g/mol. The van der Waals surface area contributed by atoms with E-state index in [9.17, 15) is 4.79 Å². The van der Waals surface area contributed by atoms with Gasteiger partial charge in [0.25, 0.3) is 0 Å². The highest BCUT2D eigenvalue weighted by Crippen LogP contribution is 2.25. The smallest absolute Gasteiger partial charge is 0.335 e. The number of aryl methyl sites for hydroxylation is 1. The number of carboxylic acids is 1. The van der Waals surface area contributed by atoms with Crippen LogP contribution in [0.1, 0.15) is 28.8 Å². The fourth-order valence-electron chi connectivity index (χ4n) is 1.96. The molecule has 0 atom stereocenters. The number of anilines is 1. The number of rotatable bonds is 3. The summed E-state index contributed by atoms with van der Waals surface area (Å²) in [4.78, 5) is 10.8. The lowest BCUT2D eigenvalue weighted by Crippen LogP contribution is -2.44. The number of aromatic carboxylic acids is 1. The predicted octanol–water partition coefficient (Wildman–Crippen LogP) is 1.59. The molecule has 1 saturated carbocycles. The maximum Gasteiger partial charge on any atom is 0.335 e. The number of hydrogen-bond acceptors (Lipinski definition) is 3. The molecule has 0 spiro atoms. The van der Waals surface area contributed by atoms with E-state index in [1.165, 1.54) is 0 Å². The standard InChI is InChI=1S/C12H16N2O2/c1-7-4-8(12(15)16)2-3-11(7)14-10-5-9(13)6-10/h2-4,9-10,14H,5-6,13H2,1H3,(H,15,16). The summed E-state index contributed by atoms with van der Waals surface area (Å²) in [6, 6.07) is 5.88. The Bertz CT molecular complexity index is 411. The SMILES string of the molecule is Cc1cc(C(=O)O)ccc1NC1CC(N)C1. The summed E-state index contributed by atoms with van der Waals surface area (Å²) in [5.74, 6) is -0.889. The first kappa shape index (κ1) is 11.0. The first-order chi connectivity index (χ1) is 7.56. The Kier molecular flexibility index (Phi) is 2.83. The molecule has 1 aliphatic carbocycles. The molecule has 0 amide bonds. The van der Waals surface area contributed by atoms with Gasteiger partial charge in [-0.05, 0) is 43.5 Å². The highest BCUT2D eigenvalue weighted by atomic mass is 16.4. The summed E-state index contributed by atoms with van der Waals surface area (Å²) in [6.45, 7) is 1.91. The van der Waals surface area contributed by atoms with Crippen molar-refractivity contribution >= 4 is 11.7 Å². The molecule has 86 valence electrons. The molecule has 0 aromatic heterocycles. The summed E-state index contributed by atoms with van der Waals surface area (Å²) in [6.07, 6.45) is 1.97. The second-order valence-corrected chi connectivity index (χ2v) is 4.41. The van der Waals surface area contributed by atoms with Crippen molar-refractivity contribution in [1.82, 2.24) is 0 Å². The third-order valence-electron chi connectivity index (χ3n) is 3.01. The molecule has 4 N–H and O–H groups in total. The van der Waals surface area contributed by atoms with Gasteiger partial charge >= 0.3 is 5.97 Å². The molecule has 0 unspecified atom stereocenters. The molecule has 1 fully saturated rings. The van der Waals surface area contributed by atoms with Gasteiger partial charge in [-0.3, -0.25) is 0 Å². The topological polar surface area (TPSA) is 75.3 Å². The predicted molar refractivity (Wildman–Crippen MR) is 62.8 cm³/mol. The number of carboxylic acid groups (broad SMARTS) is 1. The largest absolute Gasteiger partial charge is 0.478 e. The van der Waals surface area contributed by atoms with Crippen molar-refractivity contribution < 1.29 is 9.90 Å². The summed E-state index contributed by atoms with van der Waals surface area (Å²) < 4.78 is 0. The zero-order chi connectivity index (χ0) is 11.7. The van der Waals surface area contributed by atoms with Gasteiger partial charge in [0.15, 0.2) is 0 Å². The minimum absolute atomic E-state index is 0.316. The fraction of sp³-hybridized carbons (Fsp3) is 0.417. The Hall–Kier alpha value is -1.55. The van der Waals surface area contributed by atoms with E-state index < -0.39 is 5.97 Å². The van der Waals surface area contributed by atoms with Crippen LogP contribution in [0.5, 0.6) is 0 Å². The van der Waals surface area contributed by atoms with Gasteiger partial charge in [-0.2, -0.15) is 0 Å². The molecule has 0 saturated heterocycles. The lowest BCUT2D eigenvalue weighted by molar-refractivity contribution is 0.0697. The Balaban J connectivity index is 2.07. The van der Waals surface area contributed by atoms with Gasteiger partial charge in [-0.15, -0.1) is 0 Å². The van der Waals surface area contributed by atoms with E-state index in [-0.39, 0.29) is 0 Å². The van der Waals surface area contributed by atoms with Crippen molar-refractivity contribution in [1.29, 1.82) is 0 Å². The van der Waals surface area contributed by atoms with E-state index in [1.54, 1.807) is 12.1 Å². The van der Waals surface area contributed by atoms with Gasteiger partial charge in [0.05, 0.1) is 5.56 Å². The second-order valence-electron chi connectivity index (χ2n) is 4.41. The maximum absolute atomic E-state index is 10.8. The molecule has 0 radical (unpaired) electrons. The lowest BCUT2D eigenvalue weighted by atomic mass is 9.87. The number of hydrogen-bond donors (Lipinski definition) is 3. The molecule has 0 heterocycles. The van der Waals surface area contributed by atoms with Gasteiger partial charge in [0, 0.05) is 17.8 Å². The van der Waals surface area contributed by atoms with E-state index in [2.05, 4.69) is 5.32 Å². The Morgan fingerprint density at radius 2 is 2.19 bits per heavy atom. The number of nitrogens with two attached hydrogens (primary N) is 1. The lowest BCUT2D eigenvalue weighted by Gasteiger charge is -2.34. The quantitative estimate of drug-likeness (QED) is 0.723. The molecule has 4 nitrogen and oxygen atoms in total. The van der Waals surface area contributed by atoms with Crippen molar-refractivity contribution in [2.45, 2.75) is 31.8 Å². The highest BCUT2D eigenvalue weighted by Gasteiger charge is 2.25. The number of nitrogens with one attached hydrogen (secondary N) is 1. The van der Waals surface area contributed by atoms with Crippen molar-refractivity contribution in [3.8, 4) is 0 Å². The monoisotopic (exact) mass is 220 g/mol. The first-order valence-corrected chi connectivity index (χ1v) is 5.42. The van der Waals surface area contributed by atoms with Crippen LogP contribution >= 0.6 is 0 Å².